The van der Waals surface area contributed by atoms with Gasteiger partial charge in [0.1, 0.15) is 0 Å². The van der Waals surface area contributed by atoms with Crippen LogP contribution in [-0.2, 0) is 15.1 Å². The molecule has 2 aliphatic rings. The van der Waals surface area contributed by atoms with Gasteiger partial charge in [-0.05, 0) is 62.1 Å². The van der Waals surface area contributed by atoms with Crippen LogP contribution in [-0.4, -0.2) is 22.6 Å². The number of amides is 1. The van der Waals surface area contributed by atoms with Crippen LogP contribution in [0.3, 0.4) is 0 Å². The van der Waals surface area contributed by atoms with Crippen molar-refractivity contribution in [2.24, 2.45) is 5.92 Å². The fraction of sp³-hybridized carbons (Fsp3) is 0.231. The van der Waals surface area contributed by atoms with Gasteiger partial charge in [-0.2, -0.15) is 0 Å². The Labute approximate surface area is 185 Å². The molecule has 160 valence electrons. The number of pyridine rings is 1. The van der Waals surface area contributed by atoms with E-state index in [4.69, 9.17) is 4.74 Å². The molecule has 1 aromatic heterocycles. The van der Waals surface area contributed by atoms with Crippen LogP contribution in [0, 0.1) is 5.92 Å². The quantitative estimate of drug-likeness (QED) is 0.490. The molecule has 0 bridgehead atoms. The molecule has 3 aromatic rings. The van der Waals surface area contributed by atoms with Crippen molar-refractivity contribution in [3.05, 3.63) is 95.3 Å². The van der Waals surface area contributed by atoms with Crippen LogP contribution >= 0.6 is 0 Å². The van der Waals surface area contributed by atoms with Crippen LogP contribution in [0.1, 0.15) is 57.7 Å². The van der Waals surface area contributed by atoms with Gasteiger partial charge in [0.2, 0.25) is 5.91 Å². The van der Waals surface area contributed by atoms with Crippen molar-refractivity contribution < 1.29 is 19.1 Å². The number of nitrogens with one attached hydrogen (secondary N) is 1. The largest absolute Gasteiger partial charge is 0.449 e. The summed E-state index contributed by atoms with van der Waals surface area (Å²) in [5.74, 6) is -0.618. The molecule has 1 N–H and O–H groups in total. The molecular formula is C26H22N2O4. The van der Waals surface area contributed by atoms with Gasteiger partial charge in [-0.25, -0.2) is 4.79 Å². The van der Waals surface area contributed by atoms with Gasteiger partial charge in [-0.3, -0.25) is 14.6 Å². The van der Waals surface area contributed by atoms with Crippen molar-refractivity contribution in [1.82, 2.24) is 4.98 Å². The zero-order chi connectivity index (χ0) is 22.1. The van der Waals surface area contributed by atoms with Gasteiger partial charge in [0.15, 0.2) is 11.4 Å². The van der Waals surface area contributed by atoms with E-state index in [9.17, 15) is 14.4 Å². The van der Waals surface area contributed by atoms with E-state index in [1.807, 2.05) is 18.2 Å². The van der Waals surface area contributed by atoms with E-state index in [0.717, 1.165) is 0 Å². The second kappa shape index (κ2) is 8.04. The fourth-order valence-corrected chi connectivity index (χ4v) is 4.60. The van der Waals surface area contributed by atoms with Gasteiger partial charge >= 0.3 is 5.97 Å². The molecule has 2 heterocycles. The molecule has 2 aromatic carbocycles. The Morgan fingerprint density at radius 1 is 0.906 bits per heavy atom. The molecule has 1 saturated carbocycles. The molecule has 0 saturated heterocycles. The monoisotopic (exact) mass is 426 g/mol. The summed E-state index contributed by atoms with van der Waals surface area (Å²) in [5, 5.41) is 2.95. The molecule has 1 fully saturated rings. The molecule has 1 amide bonds. The second-order valence-electron chi connectivity index (χ2n) is 8.32. The maximum absolute atomic E-state index is 12.8. The topological polar surface area (TPSA) is 85.4 Å². The van der Waals surface area contributed by atoms with Crippen molar-refractivity contribution in [1.29, 1.82) is 0 Å². The van der Waals surface area contributed by atoms with E-state index in [1.54, 1.807) is 54.7 Å². The zero-order valence-electron chi connectivity index (χ0n) is 17.4. The minimum absolute atomic E-state index is 0.0546. The van der Waals surface area contributed by atoms with Crippen molar-refractivity contribution in [2.45, 2.75) is 31.3 Å². The summed E-state index contributed by atoms with van der Waals surface area (Å²) in [4.78, 5) is 41.9. The highest BCUT2D eigenvalue weighted by Gasteiger charge is 2.49. The first-order chi connectivity index (χ1) is 15.6. The van der Waals surface area contributed by atoms with Gasteiger partial charge in [-0.1, -0.05) is 30.3 Å². The standard InChI is InChI=1S/C26H22N2O4/c29-22(17-5-2-1-3-6-17)18-8-10-20(11-9-18)28-24(30)19-12-14-26(15-13-19)23-21(25(31)32-26)7-4-16-27-23/h1-11,16,19H,12-15H2,(H,28,30). The summed E-state index contributed by atoms with van der Waals surface area (Å²) >= 11 is 0. The number of rotatable bonds is 4. The van der Waals surface area contributed by atoms with Crippen LogP contribution < -0.4 is 5.32 Å². The molecule has 1 aliphatic carbocycles. The van der Waals surface area contributed by atoms with Crippen LogP contribution in [0.5, 0.6) is 0 Å². The number of ether oxygens (including phenoxy) is 1. The lowest BCUT2D eigenvalue weighted by Crippen LogP contribution is -2.36. The molecule has 1 aliphatic heterocycles. The maximum Gasteiger partial charge on any atom is 0.341 e. The molecule has 6 nitrogen and oxygen atoms in total. The van der Waals surface area contributed by atoms with E-state index in [1.165, 1.54) is 0 Å². The van der Waals surface area contributed by atoms with Gasteiger partial charge in [0.05, 0.1) is 11.3 Å². The average molecular weight is 426 g/mol. The number of nitrogens with zero attached hydrogens (tertiary/aromatic N) is 1. The number of esters is 1. The summed E-state index contributed by atoms with van der Waals surface area (Å²) in [6.07, 6.45) is 4.05. The van der Waals surface area contributed by atoms with Gasteiger partial charge in [0.25, 0.3) is 0 Å². The first-order valence-electron chi connectivity index (χ1n) is 10.8. The van der Waals surface area contributed by atoms with Crippen molar-refractivity contribution >= 4 is 23.3 Å². The van der Waals surface area contributed by atoms with Crippen LogP contribution in [0.4, 0.5) is 5.69 Å². The number of fused-ring (bicyclic) bond motifs is 2. The third kappa shape index (κ3) is 3.58. The Kier molecular flexibility index (Phi) is 5.05. The molecule has 32 heavy (non-hydrogen) atoms. The number of ketones is 1. The Bertz CT molecular complexity index is 1180. The molecule has 1 spiro atoms. The molecule has 0 radical (unpaired) electrons. The number of benzene rings is 2. The zero-order valence-corrected chi connectivity index (χ0v) is 17.4. The Balaban J connectivity index is 1.22. The lowest BCUT2D eigenvalue weighted by molar-refractivity contribution is -0.122. The molecular weight excluding hydrogens is 404 g/mol. The summed E-state index contributed by atoms with van der Waals surface area (Å²) in [6.45, 7) is 0. The highest BCUT2D eigenvalue weighted by Crippen LogP contribution is 2.47. The Morgan fingerprint density at radius 2 is 1.59 bits per heavy atom. The molecule has 5 rings (SSSR count). The van der Waals surface area contributed by atoms with Crippen LogP contribution in [0.2, 0.25) is 0 Å². The predicted molar refractivity (Wildman–Crippen MR) is 118 cm³/mol. The minimum atomic E-state index is -0.704. The summed E-state index contributed by atoms with van der Waals surface area (Å²) in [7, 11) is 0. The summed E-state index contributed by atoms with van der Waals surface area (Å²) in [5.41, 5.74) is 2.37. The number of hydrogen-bond acceptors (Lipinski definition) is 5. The lowest BCUT2D eigenvalue weighted by Gasteiger charge is -2.35. The van der Waals surface area contributed by atoms with Gasteiger partial charge in [-0.15, -0.1) is 0 Å². The van der Waals surface area contributed by atoms with E-state index in [-0.39, 0.29) is 23.6 Å². The summed E-state index contributed by atoms with van der Waals surface area (Å²) in [6, 6.07) is 19.5. The van der Waals surface area contributed by atoms with E-state index >= 15 is 0 Å². The number of anilines is 1. The number of carbonyl (C=O) groups is 3. The number of aromatic nitrogens is 1. The van der Waals surface area contributed by atoms with Crippen LogP contribution in [0.25, 0.3) is 0 Å². The van der Waals surface area contributed by atoms with E-state index < -0.39 is 5.60 Å². The molecule has 0 atom stereocenters. The molecule has 0 unspecified atom stereocenters. The lowest BCUT2D eigenvalue weighted by atomic mass is 9.76. The minimum Gasteiger partial charge on any atom is -0.449 e. The first kappa shape index (κ1) is 20.1. The molecule has 6 heteroatoms. The Morgan fingerprint density at radius 3 is 2.31 bits per heavy atom. The third-order valence-electron chi connectivity index (χ3n) is 6.36. The van der Waals surface area contributed by atoms with Crippen molar-refractivity contribution in [3.63, 3.8) is 0 Å². The predicted octanol–water partition coefficient (Wildman–Crippen LogP) is 4.51. The SMILES string of the molecule is O=C(c1ccccc1)c1ccc(NC(=O)C2CCC3(CC2)OC(=O)c2cccnc23)cc1. The van der Waals surface area contributed by atoms with Crippen molar-refractivity contribution in [2.75, 3.05) is 5.32 Å². The second-order valence-corrected chi connectivity index (χ2v) is 8.32. The number of carbonyl (C=O) groups excluding carboxylic acids is 3. The Hall–Kier alpha value is -3.80. The normalized spacial score (nSPS) is 21.6. The highest BCUT2D eigenvalue weighted by atomic mass is 16.6. The fourth-order valence-electron chi connectivity index (χ4n) is 4.60. The number of hydrogen-bond donors (Lipinski definition) is 1. The van der Waals surface area contributed by atoms with Crippen molar-refractivity contribution in [3.8, 4) is 0 Å². The average Bonchev–Trinajstić information content (AvgIpc) is 3.11. The first-order valence-corrected chi connectivity index (χ1v) is 10.8. The van der Waals surface area contributed by atoms with E-state index in [2.05, 4.69) is 10.3 Å². The smallest absolute Gasteiger partial charge is 0.341 e. The highest BCUT2D eigenvalue weighted by molar-refractivity contribution is 6.09. The van der Waals surface area contributed by atoms with E-state index in [0.29, 0.717) is 53.8 Å². The maximum atomic E-state index is 12.8. The van der Waals surface area contributed by atoms with Gasteiger partial charge in [0, 0.05) is 28.9 Å². The van der Waals surface area contributed by atoms with Gasteiger partial charge < -0.3 is 10.1 Å². The summed E-state index contributed by atoms with van der Waals surface area (Å²) < 4.78 is 5.71. The third-order valence-corrected chi connectivity index (χ3v) is 6.36. The van der Waals surface area contributed by atoms with Crippen LogP contribution in [0.15, 0.2) is 72.9 Å².